The number of hydrogen-bond donors (Lipinski definition) is 2. The number of ketones is 1. The van der Waals surface area contributed by atoms with E-state index >= 15 is 0 Å². The number of aromatic carboxylic acids is 1. The molecule has 1 aromatic heterocycles. The molecule has 1 heterocycles. The number of fused-ring (bicyclic) bond motifs is 1. The van der Waals surface area contributed by atoms with Gasteiger partial charge in [0.15, 0.2) is 5.78 Å². The Labute approximate surface area is 279 Å². The normalized spacial score (nSPS) is 15.8. The van der Waals surface area contributed by atoms with Crippen LogP contribution >= 0.6 is 0 Å². The Kier molecular flexibility index (Phi) is 9.02. The van der Waals surface area contributed by atoms with E-state index in [9.17, 15) is 19.5 Å². The highest BCUT2D eigenvalue weighted by molar-refractivity contribution is 6.07. The lowest BCUT2D eigenvalue weighted by atomic mass is 9.79. The minimum Gasteiger partial charge on any atom is -0.497 e. The molecule has 2 unspecified atom stereocenters. The molecule has 5 aromatic rings. The smallest absolute Gasteiger partial charge is 0.337 e. The van der Waals surface area contributed by atoms with Crippen LogP contribution in [0, 0.1) is 0 Å². The highest BCUT2D eigenvalue weighted by Gasteiger charge is 2.39. The van der Waals surface area contributed by atoms with Crippen LogP contribution in [0.2, 0.25) is 0 Å². The van der Waals surface area contributed by atoms with E-state index in [0.29, 0.717) is 34.0 Å². The number of allylic oxidation sites excluding steroid dienone is 2. The minimum absolute atomic E-state index is 0.127. The third-order valence-electron chi connectivity index (χ3n) is 9.35. The number of carbonyl (C=O) groups is 3. The number of carboxylic acid groups (broad SMARTS) is 1. The number of Topliss-reactive ketones (excluding diaryl/α,β-unsaturated/α-hetero) is 1. The molecular formula is C40H38N2O6. The Morgan fingerprint density at radius 2 is 1.56 bits per heavy atom. The van der Waals surface area contributed by atoms with Gasteiger partial charge < -0.3 is 24.9 Å². The summed E-state index contributed by atoms with van der Waals surface area (Å²) >= 11 is 0. The molecule has 3 N–H and O–H groups in total. The van der Waals surface area contributed by atoms with Gasteiger partial charge in [0, 0.05) is 23.1 Å². The van der Waals surface area contributed by atoms with Crippen LogP contribution in [-0.4, -0.2) is 41.6 Å². The lowest BCUT2D eigenvalue weighted by Gasteiger charge is -2.30. The number of nitrogens with two attached hydrogens (primary N) is 1. The summed E-state index contributed by atoms with van der Waals surface area (Å²) in [5, 5.41) is 10.8. The number of hydrogen-bond acceptors (Lipinski definition) is 6. The summed E-state index contributed by atoms with van der Waals surface area (Å²) in [6, 6.07) is 29.4. The van der Waals surface area contributed by atoms with Crippen LogP contribution in [0.1, 0.15) is 85.6 Å². The largest absolute Gasteiger partial charge is 0.497 e. The third kappa shape index (κ3) is 6.14. The molecule has 0 saturated heterocycles. The summed E-state index contributed by atoms with van der Waals surface area (Å²) in [5.74, 6) is -0.795. The molecule has 8 nitrogen and oxygen atoms in total. The Hall–Kier alpha value is -5.47. The first-order chi connectivity index (χ1) is 23.1. The van der Waals surface area contributed by atoms with Crippen molar-refractivity contribution in [2.45, 2.75) is 44.2 Å². The van der Waals surface area contributed by atoms with Crippen LogP contribution in [0.4, 0.5) is 0 Å². The number of methoxy groups -OCH3 is 2. The van der Waals surface area contributed by atoms with Crippen molar-refractivity contribution in [3.05, 3.63) is 142 Å². The zero-order valence-electron chi connectivity index (χ0n) is 27.2. The van der Waals surface area contributed by atoms with Crippen molar-refractivity contribution in [3.63, 3.8) is 0 Å². The number of rotatable bonds is 10. The highest BCUT2D eigenvalue weighted by atomic mass is 16.5. The van der Waals surface area contributed by atoms with E-state index in [4.69, 9.17) is 15.2 Å². The number of esters is 1. The van der Waals surface area contributed by atoms with Gasteiger partial charge in [0.25, 0.3) is 0 Å². The number of benzene rings is 4. The standard InChI is InChI=1S/C40H38N2O6/c1-40(41,37(43)29-17-20-32(47-2)21-18-29)36-35(28-15-13-27(14-16-28)26-7-5-4-6-8-26)33-22-19-31(38(44)45)23-34(33)42(36)24-25-9-11-30(12-10-25)39(46)48-3/h4-12,15,17-23,27H,13-14,16,24,41H2,1-3H3,(H,44,45). The minimum atomic E-state index is -1.52. The van der Waals surface area contributed by atoms with Gasteiger partial charge in [-0.05, 0) is 97.3 Å². The maximum Gasteiger partial charge on any atom is 0.337 e. The molecule has 0 radical (unpaired) electrons. The summed E-state index contributed by atoms with van der Waals surface area (Å²) in [4.78, 5) is 38.7. The molecule has 4 aromatic carbocycles. The number of nitrogens with zero attached hydrogens (tertiary/aromatic N) is 1. The lowest BCUT2D eigenvalue weighted by molar-refractivity contribution is 0.0599. The van der Waals surface area contributed by atoms with Crippen molar-refractivity contribution in [3.8, 4) is 5.75 Å². The monoisotopic (exact) mass is 642 g/mol. The van der Waals surface area contributed by atoms with Crippen LogP contribution < -0.4 is 10.5 Å². The fourth-order valence-corrected chi connectivity index (χ4v) is 6.80. The molecule has 0 bridgehead atoms. The molecule has 6 rings (SSSR count). The van der Waals surface area contributed by atoms with Crippen molar-refractivity contribution < 1.29 is 29.0 Å². The summed E-state index contributed by atoms with van der Waals surface area (Å²) in [5.41, 5.74) is 12.0. The van der Waals surface area contributed by atoms with E-state index in [1.54, 1.807) is 62.6 Å². The second kappa shape index (κ2) is 13.3. The van der Waals surface area contributed by atoms with Crippen molar-refractivity contribution in [2.24, 2.45) is 5.73 Å². The van der Waals surface area contributed by atoms with Gasteiger partial charge in [0.2, 0.25) is 0 Å². The van der Waals surface area contributed by atoms with E-state index in [0.717, 1.165) is 41.3 Å². The summed E-state index contributed by atoms with van der Waals surface area (Å²) in [7, 11) is 2.90. The lowest BCUT2D eigenvalue weighted by Crippen LogP contribution is -2.44. The Morgan fingerprint density at radius 3 is 2.17 bits per heavy atom. The quantitative estimate of drug-likeness (QED) is 0.119. The predicted molar refractivity (Wildman–Crippen MR) is 186 cm³/mol. The molecule has 244 valence electrons. The first-order valence-electron chi connectivity index (χ1n) is 15.9. The van der Waals surface area contributed by atoms with E-state index in [1.165, 1.54) is 12.7 Å². The van der Waals surface area contributed by atoms with E-state index < -0.39 is 17.5 Å². The molecule has 2 atom stereocenters. The fraction of sp³-hybridized carbons (Fsp3) is 0.225. The SMILES string of the molecule is COC(=O)c1ccc(Cn2c(C(C)(N)C(=O)c3ccc(OC)cc3)c(C3=CCC(c4ccccc4)CC3)c3ccc(C(=O)O)cc32)cc1. The van der Waals surface area contributed by atoms with Gasteiger partial charge in [0.05, 0.1) is 36.6 Å². The van der Waals surface area contributed by atoms with Crippen LogP contribution in [0.5, 0.6) is 5.75 Å². The summed E-state index contributed by atoms with van der Waals surface area (Å²) < 4.78 is 12.2. The van der Waals surface area contributed by atoms with Gasteiger partial charge in [-0.3, -0.25) is 4.79 Å². The molecule has 0 saturated carbocycles. The van der Waals surface area contributed by atoms with Crippen LogP contribution in [0.3, 0.4) is 0 Å². The van der Waals surface area contributed by atoms with Crippen LogP contribution in [0.15, 0.2) is 103 Å². The first-order valence-corrected chi connectivity index (χ1v) is 15.9. The zero-order chi connectivity index (χ0) is 34.0. The van der Waals surface area contributed by atoms with Crippen molar-refractivity contribution in [1.29, 1.82) is 0 Å². The van der Waals surface area contributed by atoms with Gasteiger partial charge in [-0.2, -0.15) is 0 Å². The second-order valence-corrected chi connectivity index (χ2v) is 12.4. The number of aromatic nitrogens is 1. The van der Waals surface area contributed by atoms with Crippen molar-refractivity contribution in [2.75, 3.05) is 14.2 Å². The van der Waals surface area contributed by atoms with Crippen LogP contribution in [-0.2, 0) is 16.8 Å². The van der Waals surface area contributed by atoms with Crippen molar-refractivity contribution >= 4 is 34.2 Å². The van der Waals surface area contributed by atoms with Gasteiger partial charge in [0.1, 0.15) is 11.3 Å². The molecule has 48 heavy (non-hydrogen) atoms. The summed E-state index contributed by atoms with van der Waals surface area (Å²) in [6.07, 6.45) is 4.74. The first kappa shape index (κ1) is 32.5. The Morgan fingerprint density at radius 1 is 0.896 bits per heavy atom. The molecule has 0 fully saturated rings. The average Bonchev–Trinajstić information content (AvgIpc) is 3.45. The van der Waals surface area contributed by atoms with E-state index in [1.807, 2.05) is 28.8 Å². The molecular weight excluding hydrogens is 604 g/mol. The molecule has 0 spiro atoms. The second-order valence-electron chi connectivity index (χ2n) is 12.4. The summed E-state index contributed by atoms with van der Waals surface area (Å²) in [6.45, 7) is 2.00. The van der Waals surface area contributed by atoms with Gasteiger partial charge in [-0.25, -0.2) is 9.59 Å². The highest BCUT2D eigenvalue weighted by Crippen LogP contribution is 2.44. The maximum atomic E-state index is 14.4. The Bertz CT molecular complexity index is 2020. The van der Waals surface area contributed by atoms with Crippen molar-refractivity contribution in [1.82, 2.24) is 4.57 Å². The molecule has 0 aliphatic heterocycles. The zero-order valence-corrected chi connectivity index (χ0v) is 27.2. The molecule has 1 aliphatic carbocycles. The van der Waals surface area contributed by atoms with Gasteiger partial charge >= 0.3 is 11.9 Å². The topological polar surface area (TPSA) is 121 Å². The van der Waals surface area contributed by atoms with Gasteiger partial charge in [-0.15, -0.1) is 0 Å². The number of ether oxygens (including phenoxy) is 2. The Balaban J connectivity index is 1.56. The molecule has 1 aliphatic rings. The van der Waals surface area contributed by atoms with E-state index in [-0.39, 0.29) is 17.9 Å². The number of carbonyl (C=O) groups excluding carboxylic acids is 2. The third-order valence-corrected chi connectivity index (χ3v) is 9.35. The van der Waals surface area contributed by atoms with Crippen LogP contribution in [0.25, 0.3) is 16.5 Å². The fourth-order valence-electron chi connectivity index (χ4n) is 6.80. The van der Waals surface area contributed by atoms with E-state index in [2.05, 4.69) is 30.3 Å². The van der Waals surface area contributed by atoms with Gasteiger partial charge in [-0.1, -0.05) is 54.6 Å². The maximum absolute atomic E-state index is 14.4. The number of carboxylic acids is 1. The predicted octanol–water partition coefficient (Wildman–Crippen LogP) is 7.59. The molecule has 8 heteroatoms. The molecule has 0 amide bonds. The average molecular weight is 643 g/mol.